The number of carboxylic acid groups (broad SMARTS) is 1. The van der Waals surface area contributed by atoms with E-state index in [1.165, 1.54) is 16.2 Å². The van der Waals surface area contributed by atoms with Crippen molar-refractivity contribution in [2.75, 3.05) is 6.54 Å². The van der Waals surface area contributed by atoms with Crippen LogP contribution in [0.2, 0.25) is 0 Å². The summed E-state index contributed by atoms with van der Waals surface area (Å²) in [5, 5.41) is 10.1. The van der Waals surface area contributed by atoms with E-state index < -0.39 is 12.0 Å². The van der Waals surface area contributed by atoms with E-state index in [1.54, 1.807) is 0 Å². The Labute approximate surface area is 116 Å². The monoisotopic (exact) mass is 282 g/mol. The molecule has 0 aromatic carbocycles. The molecule has 1 N–H and O–H groups in total. The number of piperidine rings is 1. The summed E-state index contributed by atoms with van der Waals surface area (Å²) < 4.78 is 0. The Morgan fingerprint density at radius 3 is 2.79 bits per heavy atom. The van der Waals surface area contributed by atoms with Gasteiger partial charge in [-0.25, -0.2) is 9.78 Å². The highest BCUT2D eigenvalue weighted by atomic mass is 32.1. The lowest BCUT2D eigenvalue weighted by atomic mass is 10.0. The zero-order valence-corrected chi connectivity index (χ0v) is 12.0. The summed E-state index contributed by atoms with van der Waals surface area (Å²) in [5.74, 6) is -1.09. The van der Waals surface area contributed by atoms with Gasteiger partial charge in [-0.05, 0) is 32.6 Å². The van der Waals surface area contributed by atoms with Crippen molar-refractivity contribution in [3.05, 3.63) is 15.6 Å². The molecule has 104 valence electrons. The zero-order valence-electron chi connectivity index (χ0n) is 11.2. The first-order valence-electron chi connectivity index (χ1n) is 6.54. The van der Waals surface area contributed by atoms with Gasteiger partial charge in [-0.3, -0.25) is 4.79 Å². The minimum absolute atomic E-state index is 0.179. The lowest BCUT2D eigenvalue weighted by Gasteiger charge is -2.32. The second kappa shape index (κ2) is 5.69. The van der Waals surface area contributed by atoms with Crippen LogP contribution in [0.25, 0.3) is 0 Å². The molecule has 1 saturated heterocycles. The number of aliphatic carboxylic acids is 1. The Kier molecular flexibility index (Phi) is 4.19. The molecule has 0 aliphatic carbocycles. The number of likely N-dealkylation sites (tertiary alicyclic amines) is 1. The summed E-state index contributed by atoms with van der Waals surface area (Å²) in [6.07, 6.45) is 3.07. The standard InChI is InChI=1S/C13H18N2O3S/c1-3-10-14-8(2)11(19-10)12(16)15-7-5-4-6-9(15)13(17)18/h9H,3-7H2,1-2H3,(H,17,18). The number of carbonyl (C=O) groups excluding carboxylic acids is 1. The smallest absolute Gasteiger partial charge is 0.326 e. The topological polar surface area (TPSA) is 70.5 Å². The fourth-order valence-electron chi connectivity index (χ4n) is 2.36. The maximum absolute atomic E-state index is 12.5. The van der Waals surface area contributed by atoms with Crippen LogP contribution in [0.15, 0.2) is 0 Å². The van der Waals surface area contributed by atoms with Crippen molar-refractivity contribution in [2.45, 2.75) is 45.6 Å². The van der Waals surface area contributed by atoms with Crippen molar-refractivity contribution in [3.63, 3.8) is 0 Å². The third-order valence-corrected chi connectivity index (χ3v) is 4.68. The van der Waals surface area contributed by atoms with Gasteiger partial charge in [0.25, 0.3) is 5.91 Å². The summed E-state index contributed by atoms with van der Waals surface area (Å²) in [5.41, 5.74) is 0.710. The van der Waals surface area contributed by atoms with E-state index in [0.717, 1.165) is 24.3 Å². The number of aryl methyl sites for hydroxylation is 2. The van der Waals surface area contributed by atoms with Gasteiger partial charge in [-0.2, -0.15) is 0 Å². The van der Waals surface area contributed by atoms with E-state index in [2.05, 4.69) is 4.98 Å². The normalized spacial score (nSPS) is 19.5. The molecule has 1 fully saturated rings. The van der Waals surface area contributed by atoms with Crippen molar-refractivity contribution >= 4 is 23.2 Å². The Morgan fingerprint density at radius 2 is 2.21 bits per heavy atom. The third-order valence-electron chi connectivity index (χ3n) is 3.39. The van der Waals surface area contributed by atoms with Gasteiger partial charge >= 0.3 is 5.97 Å². The highest BCUT2D eigenvalue weighted by molar-refractivity contribution is 7.13. The number of amides is 1. The summed E-state index contributed by atoms with van der Waals surface area (Å²) >= 11 is 1.38. The zero-order chi connectivity index (χ0) is 14.0. The molecule has 5 nitrogen and oxygen atoms in total. The number of carbonyl (C=O) groups is 2. The number of rotatable bonds is 3. The Morgan fingerprint density at radius 1 is 1.47 bits per heavy atom. The molecule has 6 heteroatoms. The fourth-order valence-corrected chi connectivity index (χ4v) is 3.32. The van der Waals surface area contributed by atoms with Crippen LogP contribution in [-0.2, 0) is 11.2 Å². The molecule has 2 rings (SSSR count). The van der Waals surface area contributed by atoms with Gasteiger partial charge in [-0.1, -0.05) is 6.92 Å². The lowest BCUT2D eigenvalue weighted by molar-refractivity contribution is -0.143. The number of nitrogens with zero attached hydrogens (tertiary/aromatic N) is 2. The molecule has 19 heavy (non-hydrogen) atoms. The molecule has 1 aromatic rings. The molecule has 2 heterocycles. The van der Waals surface area contributed by atoms with Crippen molar-refractivity contribution in [1.29, 1.82) is 0 Å². The van der Waals surface area contributed by atoms with E-state index in [-0.39, 0.29) is 5.91 Å². The van der Waals surface area contributed by atoms with E-state index >= 15 is 0 Å². The van der Waals surface area contributed by atoms with Crippen LogP contribution in [0.3, 0.4) is 0 Å². The molecule has 0 bridgehead atoms. The Bertz CT molecular complexity index is 498. The van der Waals surface area contributed by atoms with Crippen molar-refractivity contribution in [2.24, 2.45) is 0 Å². The maximum Gasteiger partial charge on any atom is 0.326 e. The highest BCUT2D eigenvalue weighted by Gasteiger charge is 2.33. The van der Waals surface area contributed by atoms with Crippen LogP contribution in [-0.4, -0.2) is 39.5 Å². The minimum Gasteiger partial charge on any atom is -0.480 e. The summed E-state index contributed by atoms with van der Waals surface area (Å²) in [6.45, 7) is 4.32. The first-order chi connectivity index (χ1) is 9.04. The third kappa shape index (κ3) is 2.78. The van der Waals surface area contributed by atoms with Gasteiger partial charge in [0.2, 0.25) is 0 Å². The quantitative estimate of drug-likeness (QED) is 0.921. The molecule has 1 unspecified atom stereocenters. The SMILES string of the molecule is CCc1nc(C)c(C(=O)N2CCCCC2C(=O)O)s1. The number of thiazole rings is 1. The van der Waals surface area contributed by atoms with Gasteiger partial charge in [0.05, 0.1) is 10.7 Å². The number of hydrogen-bond acceptors (Lipinski definition) is 4. The van der Waals surface area contributed by atoms with Gasteiger partial charge < -0.3 is 10.0 Å². The van der Waals surface area contributed by atoms with Gasteiger partial charge in [0.1, 0.15) is 10.9 Å². The molecule has 1 aliphatic heterocycles. The van der Waals surface area contributed by atoms with E-state index in [9.17, 15) is 14.7 Å². The second-order valence-electron chi connectivity index (χ2n) is 4.72. The minimum atomic E-state index is -0.911. The predicted octanol–water partition coefficient (Wildman–Crippen LogP) is 2.09. The summed E-state index contributed by atoms with van der Waals surface area (Å²) in [6, 6.07) is -0.687. The molecule has 1 aliphatic rings. The number of hydrogen-bond donors (Lipinski definition) is 1. The van der Waals surface area contributed by atoms with Crippen LogP contribution in [0, 0.1) is 6.92 Å². The Balaban J connectivity index is 2.25. The molecule has 1 atom stereocenters. The van der Waals surface area contributed by atoms with Crippen LogP contribution in [0.4, 0.5) is 0 Å². The van der Waals surface area contributed by atoms with Gasteiger partial charge in [-0.15, -0.1) is 11.3 Å². The second-order valence-corrected chi connectivity index (χ2v) is 5.81. The van der Waals surface area contributed by atoms with Crippen LogP contribution < -0.4 is 0 Å². The maximum atomic E-state index is 12.5. The van der Waals surface area contributed by atoms with Crippen LogP contribution in [0.1, 0.15) is 46.6 Å². The summed E-state index contributed by atoms with van der Waals surface area (Å²) in [7, 11) is 0. The van der Waals surface area contributed by atoms with E-state index in [1.807, 2.05) is 13.8 Å². The van der Waals surface area contributed by atoms with Gasteiger partial charge in [0, 0.05) is 6.54 Å². The van der Waals surface area contributed by atoms with Crippen molar-refractivity contribution < 1.29 is 14.7 Å². The number of carboxylic acids is 1. The highest BCUT2D eigenvalue weighted by Crippen LogP contribution is 2.25. The molecule has 1 aromatic heterocycles. The first-order valence-corrected chi connectivity index (χ1v) is 7.36. The molecule has 0 saturated carbocycles. The van der Waals surface area contributed by atoms with E-state index in [4.69, 9.17) is 0 Å². The average molecular weight is 282 g/mol. The Hall–Kier alpha value is -1.43. The fraction of sp³-hybridized carbons (Fsp3) is 0.615. The predicted molar refractivity (Wildman–Crippen MR) is 72.5 cm³/mol. The molecular formula is C13H18N2O3S. The molecule has 0 spiro atoms. The first kappa shape index (κ1) is 14.0. The largest absolute Gasteiger partial charge is 0.480 e. The number of aromatic nitrogens is 1. The van der Waals surface area contributed by atoms with Crippen LogP contribution in [0.5, 0.6) is 0 Å². The molecule has 1 amide bonds. The average Bonchev–Trinajstić information content (AvgIpc) is 2.79. The van der Waals surface area contributed by atoms with Crippen molar-refractivity contribution in [1.82, 2.24) is 9.88 Å². The van der Waals surface area contributed by atoms with Gasteiger partial charge in [0.15, 0.2) is 0 Å². The molecule has 0 radical (unpaired) electrons. The van der Waals surface area contributed by atoms with Crippen molar-refractivity contribution in [3.8, 4) is 0 Å². The van der Waals surface area contributed by atoms with Crippen LogP contribution >= 0.6 is 11.3 Å². The lowest BCUT2D eigenvalue weighted by Crippen LogP contribution is -2.47. The van der Waals surface area contributed by atoms with E-state index in [0.29, 0.717) is 23.5 Å². The summed E-state index contributed by atoms with van der Waals surface area (Å²) in [4.78, 5) is 30.2. The molecular weight excluding hydrogens is 264 g/mol.